The molecule has 5 nitrogen and oxygen atoms in total. The number of hydrogen-bond donors (Lipinski definition) is 0. The van der Waals surface area contributed by atoms with Crippen LogP contribution in [0, 0.1) is 0 Å². The second-order valence-electron chi connectivity index (χ2n) is 9.49. The molecular formula is C27H33BrN2O3S. The summed E-state index contributed by atoms with van der Waals surface area (Å²) in [6, 6.07) is 6.20. The van der Waals surface area contributed by atoms with Gasteiger partial charge in [-0.15, -0.1) is 11.3 Å². The molecule has 0 saturated carbocycles. The van der Waals surface area contributed by atoms with Crippen LogP contribution in [-0.4, -0.2) is 49.0 Å². The van der Waals surface area contributed by atoms with Crippen LogP contribution < -0.4 is 4.74 Å². The number of nitrogens with zero attached hydrogens (tertiary/aromatic N) is 2. The summed E-state index contributed by atoms with van der Waals surface area (Å²) >= 11 is 5.62. The van der Waals surface area contributed by atoms with Crippen LogP contribution in [0.2, 0.25) is 0 Å². The maximum absolute atomic E-state index is 11.9. The first kappa shape index (κ1) is 23.9. The van der Waals surface area contributed by atoms with Gasteiger partial charge < -0.3 is 19.0 Å². The number of rotatable bonds is 6. The first-order valence-electron chi connectivity index (χ1n) is 12.3. The lowest BCUT2D eigenvalue weighted by Crippen LogP contribution is -2.34. The van der Waals surface area contributed by atoms with E-state index in [1.54, 1.807) is 14.0 Å². The Balaban J connectivity index is 1.20. The second-order valence-corrected chi connectivity index (χ2v) is 11.5. The van der Waals surface area contributed by atoms with Gasteiger partial charge in [-0.05, 0) is 90.4 Å². The van der Waals surface area contributed by atoms with Gasteiger partial charge in [-0.25, -0.2) is 0 Å². The molecule has 4 heterocycles. The molecule has 2 aliphatic heterocycles. The first-order valence-corrected chi connectivity index (χ1v) is 13.9. The number of amides is 1. The number of carbonyl (C=O) groups excluding carboxylic acids is 1. The molecule has 5 rings (SSSR count). The molecule has 1 fully saturated rings. The standard InChI is InChI=1S/C27H33BrN2O3S/c1-4-21-22-16-30(17(2)31)12-8-26(22)34-25(21)7-11-29-9-5-18(6-10-29)24-14-19-13-20(32-3)15-23(28)27(19)33-24/h13-15,18H,4-12,16H2,1-3H3. The maximum atomic E-state index is 11.9. The lowest BCUT2D eigenvalue weighted by atomic mass is 9.94. The molecule has 3 aromatic rings. The van der Waals surface area contributed by atoms with Crippen molar-refractivity contribution in [2.24, 2.45) is 0 Å². The third-order valence-electron chi connectivity index (χ3n) is 7.48. The zero-order valence-electron chi connectivity index (χ0n) is 20.3. The third kappa shape index (κ3) is 4.67. The zero-order chi connectivity index (χ0) is 23.8. The van der Waals surface area contributed by atoms with E-state index in [2.05, 4.69) is 33.8 Å². The zero-order valence-corrected chi connectivity index (χ0v) is 22.7. The van der Waals surface area contributed by atoms with Crippen molar-refractivity contribution in [1.82, 2.24) is 9.80 Å². The van der Waals surface area contributed by atoms with Gasteiger partial charge in [0.2, 0.25) is 5.91 Å². The van der Waals surface area contributed by atoms with Gasteiger partial charge in [-0.2, -0.15) is 0 Å². The number of hydrogen-bond acceptors (Lipinski definition) is 5. The Bertz CT molecular complexity index is 1190. The van der Waals surface area contributed by atoms with Crippen molar-refractivity contribution in [2.45, 2.75) is 58.4 Å². The van der Waals surface area contributed by atoms with Gasteiger partial charge in [0.25, 0.3) is 0 Å². The van der Waals surface area contributed by atoms with E-state index >= 15 is 0 Å². The minimum absolute atomic E-state index is 0.194. The Morgan fingerprint density at radius 3 is 2.74 bits per heavy atom. The van der Waals surface area contributed by atoms with Crippen LogP contribution in [0.3, 0.4) is 0 Å². The SMILES string of the molecule is CCc1c(CCN2CCC(c3cc4cc(OC)cc(Br)c4o3)CC2)sc2c1CN(C(C)=O)CC2. The smallest absolute Gasteiger partial charge is 0.219 e. The Kier molecular flexibility index (Phi) is 7.05. The van der Waals surface area contributed by atoms with Crippen LogP contribution in [0.4, 0.5) is 0 Å². The van der Waals surface area contributed by atoms with Crippen molar-refractivity contribution < 1.29 is 13.9 Å². The number of carbonyl (C=O) groups is 1. The molecule has 182 valence electrons. The van der Waals surface area contributed by atoms with Crippen LogP contribution in [0.5, 0.6) is 5.75 Å². The topological polar surface area (TPSA) is 45.9 Å². The van der Waals surface area contributed by atoms with Gasteiger partial charge in [-0.3, -0.25) is 4.79 Å². The normalized spacial score (nSPS) is 17.4. The molecule has 1 amide bonds. The number of fused-ring (bicyclic) bond motifs is 2. The summed E-state index contributed by atoms with van der Waals surface area (Å²) in [5.41, 5.74) is 3.86. The van der Waals surface area contributed by atoms with Gasteiger partial charge in [0.1, 0.15) is 17.1 Å². The molecule has 0 bridgehead atoms. The minimum Gasteiger partial charge on any atom is -0.497 e. The van der Waals surface area contributed by atoms with Crippen molar-refractivity contribution >= 4 is 44.1 Å². The van der Waals surface area contributed by atoms with E-state index in [0.29, 0.717) is 5.92 Å². The van der Waals surface area contributed by atoms with E-state index in [4.69, 9.17) is 9.15 Å². The average molecular weight is 546 g/mol. The molecule has 1 saturated heterocycles. The average Bonchev–Trinajstić information content (AvgIpc) is 3.43. The van der Waals surface area contributed by atoms with Crippen LogP contribution in [0.25, 0.3) is 11.0 Å². The first-order chi connectivity index (χ1) is 16.5. The molecule has 2 aromatic heterocycles. The summed E-state index contributed by atoms with van der Waals surface area (Å²) in [7, 11) is 1.69. The number of ether oxygens (including phenoxy) is 1. The number of halogens is 1. The molecule has 0 radical (unpaired) electrons. The number of thiophene rings is 1. The second kappa shape index (κ2) is 10.0. The summed E-state index contributed by atoms with van der Waals surface area (Å²) in [6.07, 6.45) is 5.44. The van der Waals surface area contributed by atoms with E-state index < -0.39 is 0 Å². The molecule has 1 aromatic carbocycles. The van der Waals surface area contributed by atoms with Crippen molar-refractivity contribution in [1.29, 1.82) is 0 Å². The molecule has 0 N–H and O–H groups in total. The monoisotopic (exact) mass is 544 g/mol. The lowest BCUT2D eigenvalue weighted by Gasteiger charge is -2.31. The van der Waals surface area contributed by atoms with Crippen LogP contribution in [-0.2, 0) is 30.6 Å². The van der Waals surface area contributed by atoms with Crippen molar-refractivity contribution in [3.63, 3.8) is 0 Å². The molecule has 0 spiro atoms. The van der Waals surface area contributed by atoms with Crippen LogP contribution in [0.1, 0.15) is 59.2 Å². The van der Waals surface area contributed by atoms with E-state index in [0.717, 1.165) is 91.8 Å². The predicted octanol–water partition coefficient (Wildman–Crippen LogP) is 6.15. The highest BCUT2D eigenvalue weighted by molar-refractivity contribution is 9.10. The molecule has 7 heteroatoms. The number of benzene rings is 1. The number of piperidine rings is 1. The van der Waals surface area contributed by atoms with Crippen LogP contribution in [0.15, 0.2) is 27.1 Å². The van der Waals surface area contributed by atoms with Crippen LogP contribution >= 0.6 is 27.3 Å². The largest absolute Gasteiger partial charge is 0.497 e. The van der Waals surface area contributed by atoms with Gasteiger partial charge in [0.05, 0.1) is 11.6 Å². The molecule has 0 unspecified atom stereocenters. The molecular weight excluding hydrogens is 512 g/mol. The fourth-order valence-corrected chi connectivity index (χ4v) is 7.43. The van der Waals surface area contributed by atoms with Gasteiger partial charge in [-0.1, -0.05) is 6.92 Å². The minimum atomic E-state index is 0.194. The predicted molar refractivity (Wildman–Crippen MR) is 141 cm³/mol. The van der Waals surface area contributed by atoms with E-state index in [9.17, 15) is 4.79 Å². The van der Waals surface area contributed by atoms with Crippen molar-refractivity contribution in [2.75, 3.05) is 33.3 Å². The van der Waals surface area contributed by atoms with Gasteiger partial charge >= 0.3 is 0 Å². The summed E-state index contributed by atoms with van der Waals surface area (Å²) in [4.78, 5) is 19.5. The molecule has 2 aliphatic rings. The number of furan rings is 1. The van der Waals surface area contributed by atoms with E-state index in [-0.39, 0.29) is 5.91 Å². The molecule has 34 heavy (non-hydrogen) atoms. The van der Waals surface area contributed by atoms with Crippen molar-refractivity contribution in [3.05, 3.63) is 49.3 Å². The Morgan fingerprint density at radius 2 is 2.03 bits per heavy atom. The fraction of sp³-hybridized carbons (Fsp3) is 0.519. The maximum Gasteiger partial charge on any atom is 0.219 e. The highest BCUT2D eigenvalue weighted by Gasteiger charge is 2.27. The Morgan fingerprint density at radius 1 is 1.24 bits per heavy atom. The van der Waals surface area contributed by atoms with Crippen molar-refractivity contribution in [3.8, 4) is 5.75 Å². The quantitative estimate of drug-likeness (QED) is 0.373. The fourth-order valence-electron chi connectivity index (χ4n) is 5.51. The summed E-state index contributed by atoms with van der Waals surface area (Å²) in [5, 5.41) is 1.10. The third-order valence-corrected chi connectivity index (χ3v) is 9.47. The molecule has 0 aliphatic carbocycles. The molecule has 0 atom stereocenters. The van der Waals surface area contributed by atoms with E-state index in [1.165, 1.54) is 20.9 Å². The highest BCUT2D eigenvalue weighted by atomic mass is 79.9. The Labute approximate surface area is 214 Å². The number of likely N-dealkylation sites (tertiary alicyclic amines) is 1. The van der Waals surface area contributed by atoms with Gasteiger partial charge in [0.15, 0.2) is 0 Å². The summed E-state index contributed by atoms with van der Waals surface area (Å²) in [6.45, 7) is 8.94. The van der Waals surface area contributed by atoms with E-state index in [1.807, 2.05) is 28.4 Å². The Hall–Kier alpha value is -1.83. The number of methoxy groups -OCH3 is 1. The highest BCUT2D eigenvalue weighted by Crippen LogP contribution is 2.38. The summed E-state index contributed by atoms with van der Waals surface area (Å²) in [5.74, 6) is 2.61. The lowest BCUT2D eigenvalue weighted by molar-refractivity contribution is -0.129. The van der Waals surface area contributed by atoms with Gasteiger partial charge in [0, 0.05) is 47.6 Å². The summed E-state index contributed by atoms with van der Waals surface area (Å²) < 4.78 is 12.6.